The van der Waals surface area contributed by atoms with Gasteiger partial charge in [0.1, 0.15) is 11.5 Å². The van der Waals surface area contributed by atoms with Gasteiger partial charge in [-0.25, -0.2) is 0 Å². The molecular formula is C7H17BF4S. The Kier molecular flexibility index (Phi) is 10.5. The van der Waals surface area contributed by atoms with Crippen molar-refractivity contribution in [3.8, 4) is 0 Å². The summed E-state index contributed by atoms with van der Waals surface area (Å²) in [5.74, 6) is 2.88. The maximum absolute atomic E-state index is 9.75. The highest BCUT2D eigenvalue weighted by atomic mass is 32.2. The molecule has 0 aromatic heterocycles. The second-order valence-corrected chi connectivity index (χ2v) is 5.06. The maximum atomic E-state index is 9.75. The second-order valence-electron chi connectivity index (χ2n) is 2.68. The average Bonchev–Trinajstić information content (AvgIpc) is 1.84. The minimum Gasteiger partial charge on any atom is -0.418 e. The van der Waals surface area contributed by atoms with Gasteiger partial charge in [-0.3, -0.25) is 0 Å². The van der Waals surface area contributed by atoms with Crippen molar-refractivity contribution in [1.82, 2.24) is 0 Å². The van der Waals surface area contributed by atoms with Crippen LogP contribution in [-0.4, -0.2) is 25.0 Å². The Morgan fingerprint density at radius 1 is 0.923 bits per heavy atom. The van der Waals surface area contributed by atoms with Crippen LogP contribution in [0.5, 0.6) is 0 Å². The van der Waals surface area contributed by atoms with Crippen molar-refractivity contribution in [2.24, 2.45) is 0 Å². The van der Waals surface area contributed by atoms with E-state index in [1.807, 2.05) is 0 Å². The fourth-order valence-electron chi connectivity index (χ4n) is 0.799. The van der Waals surface area contributed by atoms with Crippen LogP contribution < -0.4 is 0 Å². The molecule has 0 heterocycles. The van der Waals surface area contributed by atoms with E-state index in [1.54, 1.807) is 0 Å². The van der Waals surface area contributed by atoms with Gasteiger partial charge in [-0.1, -0.05) is 13.8 Å². The van der Waals surface area contributed by atoms with Crippen LogP contribution in [0.25, 0.3) is 0 Å². The summed E-state index contributed by atoms with van der Waals surface area (Å²) in [5, 5.41) is 0. The molecular weight excluding hydrogens is 203 g/mol. The first-order valence-electron chi connectivity index (χ1n) is 4.27. The lowest BCUT2D eigenvalue weighted by molar-refractivity contribution is 0.368. The molecule has 0 aliphatic rings. The number of rotatable bonds is 4. The monoisotopic (exact) mass is 220 g/mol. The molecule has 0 aromatic rings. The molecule has 0 spiro atoms. The molecule has 13 heavy (non-hydrogen) atoms. The summed E-state index contributed by atoms with van der Waals surface area (Å²) in [5.41, 5.74) is 0. The normalized spacial score (nSPS) is 11.1. The van der Waals surface area contributed by atoms with E-state index in [1.165, 1.54) is 24.3 Å². The lowest BCUT2D eigenvalue weighted by Gasteiger charge is -1.96. The third-order valence-corrected chi connectivity index (χ3v) is 3.32. The molecule has 0 nitrogen and oxygen atoms in total. The molecule has 0 saturated carbocycles. The molecule has 6 heteroatoms. The first-order valence-corrected chi connectivity index (χ1v) is 6.24. The molecule has 0 fully saturated rings. The van der Waals surface area contributed by atoms with Gasteiger partial charge in [0.05, 0.1) is 6.26 Å². The predicted octanol–water partition coefficient (Wildman–Crippen LogP) is 3.35. The highest BCUT2D eigenvalue weighted by Crippen LogP contribution is 2.06. The zero-order chi connectivity index (χ0) is 10.9. The Morgan fingerprint density at radius 3 is 1.31 bits per heavy atom. The van der Waals surface area contributed by atoms with Crippen LogP contribution in [0.15, 0.2) is 0 Å². The molecule has 82 valence electrons. The van der Waals surface area contributed by atoms with Gasteiger partial charge >= 0.3 is 7.25 Å². The lowest BCUT2D eigenvalue weighted by Crippen LogP contribution is -2.07. The number of halogens is 4. The van der Waals surface area contributed by atoms with Gasteiger partial charge in [-0.15, -0.1) is 0 Å². The molecule has 0 unspecified atom stereocenters. The van der Waals surface area contributed by atoms with Crippen LogP contribution in [0, 0.1) is 0 Å². The third-order valence-electron chi connectivity index (χ3n) is 1.11. The van der Waals surface area contributed by atoms with Gasteiger partial charge in [0.2, 0.25) is 0 Å². The summed E-state index contributed by atoms with van der Waals surface area (Å²) in [6, 6.07) is 0. The Morgan fingerprint density at radius 2 is 1.15 bits per heavy atom. The van der Waals surface area contributed by atoms with Crippen LogP contribution >= 0.6 is 0 Å². The summed E-state index contributed by atoms with van der Waals surface area (Å²) >= 11 is 0. The van der Waals surface area contributed by atoms with Crippen LogP contribution in [0.1, 0.15) is 26.7 Å². The molecule has 0 aromatic carbocycles. The summed E-state index contributed by atoms with van der Waals surface area (Å²) in [7, 11) is -5.27. The zero-order valence-electron chi connectivity index (χ0n) is 8.33. The molecule has 0 saturated heterocycles. The Bertz CT molecular complexity index is 95.2. The van der Waals surface area contributed by atoms with Crippen molar-refractivity contribution in [2.75, 3.05) is 17.8 Å². The third kappa shape index (κ3) is 33.1. The molecule has 0 bridgehead atoms. The SMILES string of the molecule is CCC[S+](C)CCC.F[B-](F)(F)F. The van der Waals surface area contributed by atoms with Crippen molar-refractivity contribution >= 4 is 18.1 Å². The largest absolute Gasteiger partial charge is 0.673 e. The van der Waals surface area contributed by atoms with Crippen LogP contribution in [0.4, 0.5) is 17.3 Å². The molecule has 0 aliphatic carbocycles. The van der Waals surface area contributed by atoms with E-state index in [-0.39, 0.29) is 0 Å². The minimum atomic E-state index is -6.00. The van der Waals surface area contributed by atoms with Gasteiger partial charge in [-0.05, 0) is 23.7 Å². The summed E-state index contributed by atoms with van der Waals surface area (Å²) in [4.78, 5) is 0. The van der Waals surface area contributed by atoms with E-state index in [2.05, 4.69) is 20.1 Å². The Hall–Kier alpha value is 0.135. The quantitative estimate of drug-likeness (QED) is 0.387. The van der Waals surface area contributed by atoms with E-state index >= 15 is 0 Å². The van der Waals surface area contributed by atoms with Crippen molar-refractivity contribution < 1.29 is 17.3 Å². The topological polar surface area (TPSA) is 0 Å². The van der Waals surface area contributed by atoms with E-state index in [9.17, 15) is 17.3 Å². The fraction of sp³-hybridized carbons (Fsp3) is 1.00. The van der Waals surface area contributed by atoms with E-state index in [0.717, 1.165) is 10.9 Å². The van der Waals surface area contributed by atoms with Gasteiger partial charge in [0.15, 0.2) is 0 Å². The average molecular weight is 220 g/mol. The van der Waals surface area contributed by atoms with E-state index in [4.69, 9.17) is 0 Å². The summed E-state index contributed by atoms with van der Waals surface area (Å²) in [6.45, 7) is 4.53. The van der Waals surface area contributed by atoms with Gasteiger partial charge in [0.25, 0.3) is 0 Å². The van der Waals surface area contributed by atoms with Crippen molar-refractivity contribution in [3.63, 3.8) is 0 Å². The van der Waals surface area contributed by atoms with Crippen molar-refractivity contribution in [2.45, 2.75) is 26.7 Å². The fourth-order valence-corrected chi connectivity index (χ4v) is 2.40. The number of hydrogen-bond donors (Lipinski definition) is 0. The predicted molar refractivity (Wildman–Crippen MR) is 53.8 cm³/mol. The molecule has 0 amide bonds. The van der Waals surface area contributed by atoms with Crippen molar-refractivity contribution in [3.05, 3.63) is 0 Å². The summed E-state index contributed by atoms with van der Waals surface area (Å²) in [6.07, 6.45) is 5.09. The standard InChI is InChI=1S/C7H17S.BF4/c1-4-6-8(3)7-5-2;2-1(3,4)5/h4-7H2,1-3H3;/q+1;-1. The molecule has 0 N–H and O–H groups in total. The van der Waals surface area contributed by atoms with Gasteiger partial charge < -0.3 is 17.3 Å². The van der Waals surface area contributed by atoms with E-state index < -0.39 is 7.25 Å². The molecule has 0 rings (SSSR count). The highest BCUT2D eigenvalue weighted by Gasteiger charge is 2.20. The number of hydrogen-bond acceptors (Lipinski definition) is 0. The Labute approximate surface area is 80.5 Å². The summed E-state index contributed by atoms with van der Waals surface area (Å²) < 4.78 is 39.0. The lowest BCUT2D eigenvalue weighted by atomic mass is 10.3. The highest BCUT2D eigenvalue weighted by molar-refractivity contribution is 7.96. The first-order chi connectivity index (χ1) is 5.81. The first kappa shape index (κ1) is 15.6. The van der Waals surface area contributed by atoms with Gasteiger partial charge in [-0.2, -0.15) is 0 Å². The second kappa shape index (κ2) is 8.72. The van der Waals surface area contributed by atoms with Crippen LogP contribution in [0.2, 0.25) is 0 Å². The zero-order valence-corrected chi connectivity index (χ0v) is 9.14. The molecule has 0 atom stereocenters. The molecule has 0 aliphatic heterocycles. The van der Waals surface area contributed by atoms with Crippen LogP contribution in [-0.2, 0) is 10.9 Å². The minimum absolute atomic E-state index is 0.730. The van der Waals surface area contributed by atoms with Crippen molar-refractivity contribution in [1.29, 1.82) is 0 Å². The van der Waals surface area contributed by atoms with Gasteiger partial charge in [0, 0.05) is 0 Å². The Balaban J connectivity index is 0. The van der Waals surface area contributed by atoms with Crippen LogP contribution in [0.3, 0.4) is 0 Å². The molecule has 0 radical (unpaired) electrons. The maximum Gasteiger partial charge on any atom is 0.673 e. The van der Waals surface area contributed by atoms with E-state index in [0.29, 0.717) is 0 Å². The smallest absolute Gasteiger partial charge is 0.418 e.